The molecule has 4 amide bonds. The highest BCUT2D eigenvalue weighted by atomic mass is 19.1. The van der Waals surface area contributed by atoms with Gasteiger partial charge in [-0.2, -0.15) is 5.10 Å². The zero-order valence-electron chi connectivity index (χ0n) is 25.4. The minimum absolute atomic E-state index is 0.0270. The number of amides is 4. The molecule has 47 heavy (non-hydrogen) atoms. The van der Waals surface area contributed by atoms with Crippen molar-refractivity contribution in [2.45, 2.75) is 25.3 Å². The fourth-order valence-electron chi connectivity index (χ4n) is 5.51. The zero-order chi connectivity index (χ0) is 32.3. The first-order valence-electron chi connectivity index (χ1n) is 15.4. The summed E-state index contributed by atoms with van der Waals surface area (Å²) < 4.78 is 13.4. The number of hydrogen-bond donors (Lipinski definition) is 4. The van der Waals surface area contributed by atoms with E-state index < -0.39 is 5.82 Å². The van der Waals surface area contributed by atoms with Gasteiger partial charge in [0.15, 0.2) is 5.82 Å². The van der Waals surface area contributed by atoms with Crippen molar-refractivity contribution >= 4 is 46.1 Å². The second-order valence-corrected chi connectivity index (χ2v) is 11.7. The van der Waals surface area contributed by atoms with Crippen molar-refractivity contribution in [2.75, 3.05) is 36.8 Å². The smallest absolute Gasteiger partial charge is 0.317 e. The molecule has 1 aliphatic carbocycles. The number of nitrogens with zero attached hydrogens (tertiary/aromatic N) is 5. The Bertz CT molecular complexity index is 1950. The van der Waals surface area contributed by atoms with E-state index in [2.05, 4.69) is 36.1 Å². The third kappa shape index (κ3) is 7.03. The van der Waals surface area contributed by atoms with Gasteiger partial charge in [0, 0.05) is 60.6 Å². The number of carbonyl (C=O) groups excluding carboxylic acids is 3. The van der Waals surface area contributed by atoms with Crippen LogP contribution in [0.4, 0.5) is 26.5 Å². The summed E-state index contributed by atoms with van der Waals surface area (Å²) in [5.74, 6) is 0.244. The molecule has 2 aliphatic rings. The quantitative estimate of drug-likeness (QED) is 0.193. The number of anilines is 3. The molecule has 238 valence electrons. The molecule has 5 aromatic rings. The molecule has 7 rings (SSSR count). The van der Waals surface area contributed by atoms with Gasteiger partial charge in [0.1, 0.15) is 18.0 Å². The molecule has 4 N–H and O–H groups in total. The Morgan fingerprint density at radius 1 is 0.872 bits per heavy atom. The molecule has 3 heterocycles. The molecular formula is C34H32FN9O3. The number of hydrogen-bond acceptors (Lipinski definition) is 7. The van der Waals surface area contributed by atoms with Crippen LogP contribution < -0.4 is 16.0 Å². The third-order valence-electron chi connectivity index (χ3n) is 8.20. The van der Waals surface area contributed by atoms with Crippen molar-refractivity contribution in [3.63, 3.8) is 0 Å². The van der Waals surface area contributed by atoms with Crippen LogP contribution in [-0.2, 0) is 11.2 Å². The third-order valence-corrected chi connectivity index (χ3v) is 8.20. The number of H-pyrrole nitrogens is 1. The van der Waals surface area contributed by atoms with Gasteiger partial charge in [-0.15, -0.1) is 0 Å². The number of rotatable bonds is 8. The molecule has 0 atom stereocenters. The number of nitrogens with one attached hydrogen (secondary N) is 4. The number of benzene rings is 3. The Balaban J connectivity index is 0.973. The largest absolute Gasteiger partial charge is 0.335 e. The number of carbonyl (C=O) groups is 3. The summed E-state index contributed by atoms with van der Waals surface area (Å²) in [6.07, 6.45) is 3.58. The van der Waals surface area contributed by atoms with Gasteiger partial charge in [-0.1, -0.05) is 24.3 Å². The number of fused-ring (bicyclic) bond motifs is 1. The van der Waals surface area contributed by atoms with Gasteiger partial charge in [0.05, 0.1) is 11.9 Å². The standard InChI is InChI=1S/C34H32FN9O3/c35-24-2-1-3-26(17-24)38-31(45)19-27-18-30(42-41-27)40-32-28-11-8-23(16-29(28)36-20-37-32)21-4-6-22(7-5-21)33(46)43-12-14-44(15-13-43)34(47)39-25-9-10-25/h1-8,11,16-18,20,25H,9-10,12-15,19H2,(H,38,45)(H,39,47)(H2,36,37,40,41,42). The lowest BCUT2D eigenvalue weighted by atomic mass is 10.0. The molecule has 13 heteroatoms. The summed E-state index contributed by atoms with van der Waals surface area (Å²) >= 11 is 0. The van der Waals surface area contributed by atoms with Crippen LogP contribution in [0.2, 0.25) is 0 Å². The summed E-state index contributed by atoms with van der Waals surface area (Å²) in [5.41, 5.74) is 4.14. The molecule has 12 nitrogen and oxygen atoms in total. The Hall–Kier alpha value is -5.85. The lowest BCUT2D eigenvalue weighted by Crippen LogP contribution is -2.53. The van der Waals surface area contributed by atoms with Crippen LogP contribution in [0.25, 0.3) is 22.0 Å². The van der Waals surface area contributed by atoms with Crippen LogP contribution in [0.3, 0.4) is 0 Å². The maximum atomic E-state index is 13.4. The van der Waals surface area contributed by atoms with Crippen molar-refractivity contribution in [1.82, 2.24) is 35.3 Å². The topological polar surface area (TPSA) is 148 Å². The fourth-order valence-corrected chi connectivity index (χ4v) is 5.51. The van der Waals surface area contributed by atoms with E-state index >= 15 is 0 Å². The minimum atomic E-state index is -0.428. The van der Waals surface area contributed by atoms with Gasteiger partial charge in [0.2, 0.25) is 5.91 Å². The molecular weight excluding hydrogens is 601 g/mol. The van der Waals surface area contributed by atoms with E-state index in [0.717, 1.165) is 29.4 Å². The number of aromatic nitrogens is 4. The molecule has 1 saturated carbocycles. The summed E-state index contributed by atoms with van der Waals surface area (Å²) in [5, 5.41) is 16.7. The van der Waals surface area contributed by atoms with Gasteiger partial charge < -0.3 is 25.8 Å². The number of urea groups is 1. The Labute approximate surface area is 269 Å². The molecule has 2 fully saturated rings. The van der Waals surface area contributed by atoms with E-state index in [1.165, 1.54) is 24.5 Å². The predicted octanol–water partition coefficient (Wildman–Crippen LogP) is 4.71. The zero-order valence-corrected chi connectivity index (χ0v) is 25.4. The first kappa shape index (κ1) is 29.8. The second-order valence-electron chi connectivity index (χ2n) is 11.7. The van der Waals surface area contributed by atoms with Crippen molar-refractivity contribution in [3.05, 3.63) is 96.2 Å². The van der Waals surface area contributed by atoms with Gasteiger partial charge in [-0.05, 0) is 66.4 Å². The highest BCUT2D eigenvalue weighted by Gasteiger charge is 2.29. The van der Waals surface area contributed by atoms with Crippen molar-refractivity contribution < 1.29 is 18.8 Å². The summed E-state index contributed by atoms with van der Waals surface area (Å²) in [6, 6.07) is 21.0. The van der Waals surface area contributed by atoms with Gasteiger partial charge in [-0.3, -0.25) is 14.7 Å². The average Bonchev–Trinajstić information content (AvgIpc) is 3.80. The van der Waals surface area contributed by atoms with Crippen LogP contribution >= 0.6 is 0 Å². The minimum Gasteiger partial charge on any atom is -0.335 e. The van der Waals surface area contributed by atoms with Gasteiger partial charge >= 0.3 is 6.03 Å². The van der Waals surface area contributed by atoms with E-state index in [1.807, 2.05) is 42.5 Å². The van der Waals surface area contributed by atoms with E-state index in [1.54, 1.807) is 21.9 Å². The normalized spacial score (nSPS) is 14.6. The highest BCUT2D eigenvalue weighted by Crippen LogP contribution is 2.28. The second kappa shape index (κ2) is 12.9. The van der Waals surface area contributed by atoms with Crippen LogP contribution in [0.1, 0.15) is 28.9 Å². The van der Waals surface area contributed by atoms with Crippen LogP contribution in [0.15, 0.2) is 79.1 Å². The summed E-state index contributed by atoms with van der Waals surface area (Å²) in [7, 11) is 0. The van der Waals surface area contributed by atoms with Crippen molar-refractivity contribution in [2.24, 2.45) is 0 Å². The lowest BCUT2D eigenvalue weighted by molar-refractivity contribution is -0.115. The Morgan fingerprint density at radius 2 is 1.64 bits per heavy atom. The van der Waals surface area contributed by atoms with Crippen LogP contribution in [0, 0.1) is 5.82 Å². The highest BCUT2D eigenvalue weighted by molar-refractivity contribution is 5.96. The Kier molecular flexibility index (Phi) is 8.17. The number of piperazine rings is 1. The van der Waals surface area contributed by atoms with E-state index in [9.17, 15) is 18.8 Å². The molecule has 3 aromatic carbocycles. The lowest BCUT2D eigenvalue weighted by Gasteiger charge is -2.34. The summed E-state index contributed by atoms with van der Waals surface area (Å²) in [6.45, 7) is 2.05. The van der Waals surface area contributed by atoms with E-state index in [4.69, 9.17) is 0 Å². The molecule has 0 unspecified atom stereocenters. The van der Waals surface area contributed by atoms with Gasteiger partial charge in [0.25, 0.3) is 5.91 Å². The molecule has 0 radical (unpaired) electrons. The average molecular weight is 634 g/mol. The van der Waals surface area contributed by atoms with Crippen molar-refractivity contribution in [1.29, 1.82) is 0 Å². The molecule has 2 aromatic heterocycles. The van der Waals surface area contributed by atoms with Crippen LogP contribution in [0.5, 0.6) is 0 Å². The fraction of sp³-hybridized carbons (Fsp3) is 0.235. The monoisotopic (exact) mass is 633 g/mol. The first-order valence-corrected chi connectivity index (χ1v) is 15.4. The molecule has 1 saturated heterocycles. The van der Waals surface area contributed by atoms with Crippen LogP contribution in [-0.4, -0.2) is 80.0 Å². The SMILES string of the molecule is O=C(Cc1cc(Nc2ncnc3cc(-c4ccc(C(=O)N5CCN(C(=O)NC6CC6)CC5)cc4)ccc23)n[nH]1)Nc1cccc(F)c1. The molecule has 0 bridgehead atoms. The molecule has 0 spiro atoms. The van der Waals surface area contributed by atoms with Crippen molar-refractivity contribution in [3.8, 4) is 11.1 Å². The predicted molar refractivity (Wildman–Crippen MR) is 175 cm³/mol. The first-order chi connectivity index (χ1) is 22.9. The van der Waals surface area contributed by atoms with E-state index in [0.29, 0.717) is 66.3 Å². The summed E-state index contributed by atoms with van der Waals surface area (Å²) in [4.78, 5) is 50.3. The maximum Gasteiger partial charge on any atom is 0.317 e. The number of halogens is 1. The van der Waals surface area contributed by atoms with Gasteiger partial charge in [-0.25, -0.2) is 19.2 Å². The van der Waals surface area contributed by atoms with E-state index in [-0.39, 0.29) is 24.3 Å². The maximum absolute atomic E-state index is 13.4. The Morgan fingerprint density at radius 3 is 2.40 bits per heavy atom. The number of aromatic amines is 1. The molecule has 1 aliphatic heterocycles.